The summed E-state index contributed by atoms with van der Waals surface area (Å²) in [5.74, 6) is 1.91. The Morgan fingerprint density at radius 2 is 2.38 bits per heavy atom. The van der Waals surface area contributed by atoms with E-state index >= 15 is 0 Å². The van der Waals surface area contributed by atoms with Crippen molar-refractivity contribution in [2.75, 3.05) is 0 Å². The topological polar surface area (TPSA) is 55.9 Å². The van der Waals surface area contributed by atoms with Crippen molar-refractivity contribution in [2.24, 2.45) is 0 Å². The van der Waals surface area contributed by atoms with Crippen LogP contribution >= 0.6 is 0 Å². The summed E-state index contributed by atoms with van der Waals surface area (Å²) in [5.41, 5.74) is 0. The van der Waals surface area contributed by atoms with E-state index in [4.69, 9.17) is 4.42 Å². The normalized spacial score (nSPS) is 12.9. The van der Waals surface area contributed by atoms with Crippen molar-refractivity contribution in [1.29, 1.82) is 0 Å². The third kappa shape index (κ3) is 2.93. The van der Waals surface area contributed by atoms with Crippen LogP contribution in [-0.2, 0) is 13.1 Å². The summed E-state index contributed by atoms with van der Waals surface area (Å²) in [7, 11) is 0. The van der Waals surface area contributed by atoms with Crippen LogP contribution in [-0.4, -0.2) is 20.8 Å². The van der Waals surface area contributed by atoms with Gasteiger partial charge in [-0.3, -0.25) is 4.68 Å². The molecule has 5 heteroatoms. The van der Waals surface area contributed by atoms with Crippen LogP contribution in [0.5, 0.6) is 0 Å². The Bertz CT molecular complexity index is 421. The average molecular weight is 220 g/mol. The van der Waals surface area contributed by atoms with Crippen molar-refractivity contribution in [2.45, 2.75) is 33.0 Å². The minimum Gasteiger partial charge on any atom is -0.465 e. The lowest BCUT2D eigenvalue weighted by atomic mass is 10.3. The molecule has 2 rings (SSSR count). The van der Waals surface area contributed by atoms with E-state index in [-0.39, 0.29) is 0 Å². The smallest absolute Gasteiger partial charge is 0.137 e. The molecule has 0 radical (unpaired) electrons. The Labute approximate surface area is 94.5 Å². The van der Waals surface area contributed by atoms with E-state index < -0.39 is 0 Å². The maximum absolute atomic E-state index is 5.47. The molecule has 0 aromatic carbocycles. The molecule has 0 fully saturated rings. The van der Waals surface area contributed by atoms with Crippen LogP contribution in [0.15, 0.2) is 29.2 Å². The monoisotopic (exact) mass is 220 g/mol. The van der Waals surface area contributed by atoms with Gasteiger partial charge in [0.2, 0.25) is 0 Å². The van der Waals surface area contributed by atoms with Crippen LogP contribution in [0, 0.1) is 6.92 Å². The predicted molar refractivity (Wildman–Crippen MR) is 59.8 cm³/mol. The molecule has 0 spiro atoms. The maximum atomic E-state index is 5.47. The number of hydrogen-bond acceptors (Lipinski definition) is 4. The fourth-order valence-corrected chi connectivity index (χ4v) is 1.53. The molecule has 5 nitrogen and oxygen atoms in total. The minimum absolute atomic E-state index is 0.326. The summed E-state index contributed by atoms with van der Waals surface area (Å²) in [5, 5.41) is 7.43. The van der Waals surface area contributed by atoms with Crippen molar-refractivity contribution in [3.05, 3.63) is 36.3 Å². The van der Waals surface area contributed by atoms with E-state index in [0.717, 1.165) is 24.6 Å². The molecule has 0 bridgehead atoms. The van der Waals surface area contributed by atoms with E-state index in [2.05, 4.69) is 22.3 Å². The van der Waals surface area contributed by atoms with Gasteiger partial charge in [-0.2, -0.15) is 5.10 Å². The lowest BCUT2D eigenvalue weighted by molar-refractivity contribution is 0.408. The van der Waals surface area contributed by atoms with E-state index in [0.29, 0.717) is 6.04 Å². The zero-order chi connectivity index (χ0) is 11.4. The second-order valence-corrected chi connectivity index (χ2v) is 3.91. The van der Waals surface area contributed by atoms with Gasteiger partial charge >= 0.3 is 0 Å². The van der Waals surface area contributed by atoms with E-state index in [1.165, 1.54) is 0 Å². The van der Waals surface area contributed by atoms with Crippen molar-refractivity contribution >= 4 is 0 Å². The number of nitrogens with one attached hydrogen (secondary N) is 1. The molecule has 0 aliphatic carbocycles. The van der Waals surface area contributed by atoms with Crippen LogP contribution in [0.2, 0.25) is 0 Å². The van der Waals surface area contributed by atoms with Gasteiger partial charge in [0.1, 0.15) is 24.2 Å². The summed E-state index contributed by atoms with van der Waals surface area (Å²) in [6, 6.07) is 4.29. The number of nitrogens with zero attached hydrogens (tertiary/aromatic N) is 3. The lowest BCUT2D eigenvalue weighted by Gasteiger charge is -2.12. The van der Waals surface area contributed by atoms with Crippen LogP contribution in [0.3, 0.4) is 0 Å². The molecule has 0 unspecified atom stereocenters. The molecule has 1 N–H and O–H groups in total. The molecule has 0 amide bonds. The first-order valence-electron chi connectivity index (χ1n) is 5.35. The first kappa shape index (κ1) is 10.9. The van der Waals surface area contributed by atoms with Gasteiger partial charge in [0.25, 0.3) is 0 Å². The Kier molecular flexibility index (Phi) is 3.36. The quantitative estimate of drug-likeness (QED) is 0.826. The molecule has 2 heterocycles. The summed E-state index contributed by atoms with van der Waals surface area (Å²) < 4.78 is 7.28. The maximum Gasteiger partial charge on any atom is 0.137 e. The fraction of sp³-hybridized carbons (Fsp3) is 0.455. The number of aromatic nitrogens is 3. The van der Waals surface area contributed by atoms with Gasteiger partial charge in [0.05, 0.1) is 13.1 Å². The van der Waals surface area contributed by atoms with Crippen LogP contribution < -0.4 is 5.32 Å². The zero-order valence-corrected chi connectivity index (χ0v) is 9.55. The van der Waals surface area contributed by atoms with Crippen LogP contribution in [0.4, 0.5) is 0 Å². The number of hydrogen-bond donors (Lipinski definition) is 1. The Morgan fingerprint density at radius 1 is 1.50 bits per heavy atom. The van der Waals surface area contributed by atoms with Gasteiger partial charge in [-0.1, -0.05) is 0 Å². The Hall–Kier alpha value is -1.62. The van der Waals surface area contributed by atoms with Crippen molar-refractivity contribution in [3.63, 3.8) is 0 Å². The highest BCUT2D eigenvalue weighted by Gasteiger charge is 2.04. The lowest BCUT2D eigenvalue weighted by Crippen LogP contribution is -2.30. The Balaban J connectivity index is 1.77. The van der Waals surface area contributed by atoms with Gasteiger partial charge in [-0.15, -0.1) is 0 Å². The van der Waals surface area contributed by atoms with Gasteiger partial charge in [0, 0.05) is 6.04 Å². The second kappa shape index (κ2) is 4.94. The first-order chi connectivity index (χ1) is 7.74. The molecule has 2 aromatic rings. The van der Waals surface area contributed by atoms with Gasteiger partial charge in [-0.05, 0) is 26.0 Å². The minimum atomic E-state index is 0.326. The second-order valence-electron chi connectivity index (χ2n) is 3.91. The molecule has 16 heavy (non-hydrogen) atoms. The highest BCUT2D eigenvalue weighted by molar-refractivity contribution is 5.05. The molecule has 0 aliphatic rings. The fourth-order valence-electron chi connectivity index (χ4n) is 1.53. The van der Waals surface area contributed by atoms with Gasteiger partial charge < -0.3 is 9.73 Å². The largest absolute Gasteiger partial charge is 0.465 e. The summed E-state index contributed by atoms with van der Waals surface area (Å²) in [4.78, 5) is 3.90. The molecular weight excluding hydrogens is 204 g/mol. The van der Waals surface area contributed by atoms with Crippen LogP contribution in [0.1, 0.15) is 18.4 Å². The summed E-state index contributed by atoms with van der Waals surface area (Å²) >= 11 is 0. The van der Waals surface area contributed by atoms with Crippen molar-refractivity contribution < 1.29 is 4.42 Å². The van der Waals surface area contributed by atoms with Gasteiger partial charge in [0.15, 0.2) is 0 Å². The zero-order valence-electron chi connectivity index (χ0n) is 9.55. The summed E-state index contributed by atoms with van der Waals surface area (Å²) in [6.45, 7) is 5.60. The molecular formula is C11H16N4O. The van der Waals surface area contributed by atoms with Crippen molar-refractivity contribution in [3.8, 4) is 0 Å². The van der Waals surface area contributed by atoms with E-state index in [1.807, 2.05) is 23.7 Å². The third-order valence-electron chi connectivity index (χ3n) is 2.35. The molecule has 0 saturated heterocycles. The number of furan rings is 1. The van der Waals surface area contributed by atoms with E-state index in [1.54, 1.807) is 12.7 Å². The molecule has 1 atom stereocenters. The molecule has 2 aromatic heterocycles. The summed E-state index contributed by atoms with van der Waals surface area (Å²) in [6.07, 6.45) is 3.26. The van der Waals surface area contributed by atoms with Gasteiger partial charge in [-0.25, -0.2) is 4.98 Å². The molecule has 0 aliphatic heterocycles. The number of aryl methyl sites for hydroxylation is 1. The van der Waals surface area contributed by atoms with Crippen molar-refractivity contribution in [1.82, 2.24) is 20.1 Å². The Morgan fingerprint density at radius 3 is 3.00 bits per heavy atom. The van der Waals surface area contributed by atoms with Crippen LogP contribution in [0.25, 0.3) is 0 Å². The van der Waals surface area contributed by atoms with E-state index in [9.17, 15) is 0 Å². The molecule has 86 valence electrons. The highest BCUT2D eigenvalue weighted by atomic mass is 16.3. The standard InChI is InChI=1S/C11H16N4O/c1-9(6-15-8-12-7-14-15)13-5-11-4-3-10(2)16-11/h3-4,7-9,13H,5-6H2,1-2H3/t9-/m1/s1. The number of rotatable bonds is 5. The molecule has 0 saturated carbocycles. The SMILES string of the molecule is Cc1ccc(CN[C@H](C)Cn2cncn2)o1. The first-order valence-corrected chi connectivity index (χ1v) is 5.35. The predicted octanol–water partition coefficient (Wildman–Crippen LogP) is 1.36. The highest BCUT2D eigenvalue weighted by Crippen LogP contribution is 2.05. The third-order valence-corrected chi connectivity index (χ3v) is 2.35. The average Bonchev–Trinajstić information content (AvgIpc) is 2.87.